The summed E-state index contributed by atoms with van der Waals surface area (Å²) in [6.45, 7) is 3.42. The first-order valence-corrected chi connectivity index (χ1v) is 15.1. The third-order valence-corrected chi connectivity index (χ3v) is 8.37. The SMILES string of the molecule is COc1ccc([C@H]2CC(c3cccs3)=NN2c2nc(-c3cc(Br)ccc3OCC(=O)OC(C)C)cs2)cc1OC. The first-order chi connectivity index (χ1) is 19.4. The Kier molecular flexibility index (Phi) is 8.72. The van der Waals surface area contributed by atoms with Crippen molar-refractivity contribution in [1.29, 1.82) is 0 Å². The van der Waals surface area contributed by atoms with Crippen molar-refractivity contribution >= 4 is 55.4 Å². The molecule has 0 radical (unpaired) electrons. The normalized spacial score (nSPS) is 14.8. The van der Waals surface area contributed by atoms with Crippen LogP contribution in [0.1, 0.15) is 36.8 Å². The van der Waals surface area contributed by atoms with Crippen molar-refractivity contribution in [2.45, 2.75) is 32.4 Å². The first-order valence-electron chi connectivity index (χ1n) is 12.6. The predicted molar refractivity (Wildman–Crippen MR) is 162 cm³/mol. The van der Waals surface area contributed by atoms with E-state index >= 15 is 0 Å². The van der Waals surface area contributed by atoms with E-state index < -0.39 is 5.97 Å². The van der Waals surface area contributed by atoms with Crippen LogP contribution in [0.25, 0.3) is 11.3 Å². The number of thiophene rings is 1. The molecule has 0 fully saturated rings. The lowest BCUT2D eigenvalue weighted by molar-refractivity contribution is -0.149. The van der Waals surface area contributed by atoms with E-state index in [1.165, 1.54) is 11.3 Å². The quantitative estimate of drug-likeness (QED) is 0.168. The van der Waals surface area contributed by atoms with Crippen molar-refractivity contribution in [2.24, 2.45) is 5.10 Å². The molecule has 1 atom stereocenters. The molecule has 4 aromatic rings. The zero-order valence-corrected chi connectivity index (χ0v) is 25.6. The predicted octanol–water partition coefficient (Wildman–Crippen LogP) is 7.34. The molecule has 0 amide bonds. The minimum atomic E-state index is -0.423. The standard InChI is InChI=1S/C29H28BrN3O5S2/c1-17(2)38-28(34)15-37-24-10-8-19(30)13-20(24)22-16-40-29(31-22)33-23(14-21(32-33)27-6-5-11-39-27)18-7-9-25(35-3)26(12-18)36-4/h5-13,16-17,23H,14-15H2,1-4H3/t23-/m1/s1. The zero-order valence-electron chi connectivity index (χ0n) is 22.4. The monoisotopic (exact) mass is 641 g/mol. The largest absolute Gasteiger partial charge is 0.493 e. The lowest BCUT2D eigenvalue weighted by Gasteiger charge is -2.22. The molecule has 5 rings (SSSR count). The summed E-state index contributed by atoms with van der Waals surface area (Å²) in [7, 11) is 3.26. The van der Waals surface area contributed by atoms with E-state index in [0.717, 1.165) is 37.0 Å². The number of benzene rings is 2. The summed E-state index contributed by atoms with van der Waals surface area (Å²) in [5, 5.41) is 11.8. The second kappa shape index (κ2) is 12.4. The second-order valence-electron chi connectivity index (χ2n) is 9.19. The number of ether oxygens (including phenoxy) is 4. The van der Waals surface area contributed by atoms with Crippen molar-refractivity contribution < 1.29 is 23.7 Å². The van der Waals surface area contributed by atoms with Crippen molar-refractivity contribution in [1.82, 2.24) is 4.98 Å². The van der Waals surface area contributed by atoms with Crippen LogP contribution in [0, 0.1) is 0 Å². The average Bonchev–Trinajstić information content (AvgIpc) is 3.72. The van der Waals surface area contributed by atoms with Gasteiger partial charge in [0.15, 0.2) is 18.1 Å². The Morgan fingerprint density at radius 1 is 1.07 bits per heavy atom. The number of halogens is 1. The molecule has 1 aliphatic rings. The summed E-state index contributed by atoms with van der Waals surface area (Å²) >= 11 is 6.71. The summed E-state index contributed by atoms with van der Waals surface area (Å²) < 4.78 is 23.0. The number of methoxy groups -OCH3 is 2. The van der Waals surface area contributed by atoms with Gasteiger partial charge in [-0.05, 0) is 61.2 Å². The van der Waals surface area contributed by atoms with E-state index in [4.69, 9.17) is 29.0 Å². The number of hydrazone groups is 1. The maximum Gasteiger partial charge on any atom is 0.344 e. The highest BCUT2D eigenvalue weighted by Crippen LogP contribution is 2.43. The minimum absolute atomic E-state index is 0.0834. The summed E-state index contributed by atoms with van der Waals surface area (Å²) in [4.78, 5) is 18.2. The molecule has 2 aromatic heterocycles. The molecular weight excluding hydrogens is 614 g/mol. The molecule has 0 unspecified atom stereocenters. The third kappa shape index (κ3) is 6.16. The fraction of sp³-hybridized carbons (Fsp3) is 0.276. The highest BCUT2D eigenvalue weighted by Gasteiger charge is 2.33. The molecule has 0 saturated heterocycles. The molecule has 0 N–H and O–H groups in total. The van der Waals surface area contributed by atoms with Crippen LogP contribution in [-0.4, -0.2) is 43.6 Å². The van der Waals surface area contributed by atoms with Crippen LogP contribution < -0.4 is 19.2 Å². The Hall–Kier alpha value is -3.41. The van der Waals surface area contributed by atoms with Crippen molar-refractivity contribution in [3.63, 3.8) is 0 Å². The van der Waals surface area contributed by atoms with E-state index in [2.05, 4.69) is 27.4 Å². The molecule has 0 aliphatic carbocycles. The summed E-state index contributed by atoms with van der Waals surface area (Å²) in [5.41, 5.74) is 3.53. The van der Waals surface area contributed by atoms with Crippen LogP contribution in [0.3, 0.4) is 0 Å². The van der Waals surface area contributed by atoms with Crippen LogP contribution >= 0.6 is 38.6 Å². The van der Waals surface area contributed by atoms with Gasteiger partial charge in [0, 0.05) is 21.8 Å². The summed E-state index contributed by atoms with van der Waals surface area (Å²) in [5.74, 6) is 1.46. The van der Waals surface area contributed by atoms with Gasteiger partial charge in [0.25, 0.3) is 0 Å². The van der Waals surface area contributed by atoms with Gasteiger partial charge in [-0.25, -0.2) is 14.8 Å². The van der Waals surface area contributed by atoms with Gasteiger partial charge in [-0.1, -0.05) is 28.1 Å². The van der Waals surface area contributed by atoms with E-state index in [1.54, 1.807) is 39.4 Å². The Balaban J connectivity index is 1.48. The number of anilines is 1. The van der Waals surface area contributed by atoms with Crippen molar-refractivity contribution in [2.75, 3.05) is 25.8 Å². The number of hydrogen-bond donors (Lipinski definition) is 0. The van der Waals surface area contributed by atoms with Crippen LogP contribution in [-0.2, 0) is 9.53 Å². The Morgan fingerprint density at radius 3 is 2.60 bits per heavy atom. The molecule has 11 heteroatoms. The van der Waals surface area contributed by atoms with Gasteiger partial charge in [-0.2, -0.15) is 5.10 Å². The summed E-state index contributed by atoms with van der Waals surface area (Å²) in [6, 6.07) is 15.6. The molecule has 0 bridgehead atoms. The van der Waals surface area contributed by atoms with Gasteiger partial charge in [-0.3, -0.25) is 0 Å². The Labute approximate surface area is 249 Å². The molecule has 2 aromatic carbocycles. The Bertz CT molecular complexity index is 1520. The van der Waals surface area contributed by atoms with Crippen LogP contribution in [0.2, 0.25) is 0 Å². The number of hydrogen-bond acceptors (Lipinski definition) is 10. The van der Waals surface area contributed by atoms with E-state index in [1.807, 2.05) is 52.9 Å². The minimum Gasteiger partial charge on any atom is -0.493 e. The fourth-order valence-electron chi connectivity index (χ4n) is 4.35. The first kappa shape index (κ1) is 28.1. The van der Waals surface area contributed by atoms with Crippen LogP contribution in [0.15, 0.2) is 68.9 Å². The maximum absolute atomic E-state index is 12.1. The molecule has 8 nitrogen and oxygen atoms in total. The molecule has 208 valence electrons. The van der Waals surface area contributed by atoms with Gasteiger partial charge in [0.1, 0.15) is 5.75 Å². The third-order valence-electron chi connectivity index (χ3n) is 6.13. The fourth-order valence-corrected chi connectivity index (χ4v) is 6.26. The molecular formula is C29H28BrN3O5S2. The topological polar surface area (TPSA) is 82.5 Å². The molecule has 0 saturated carbocycles. The number of esters is 1. The highest BCUT2D eigenvalue weighted by atomic mass is 79.9. The maximum atomic E-state index is 12.1. The van der Waals surface area contributed by atoms with Crippen molar-refractivity contribution in [3.05, 3.63) is 74.2 Å². The lowest BCUT2D eigenvalue weighted by atomic mass is 10.0. The molecule has 1 aliphatic heterocycles. The summed E-state index contributed by atoms with van der Waals surface area (Å²) in [6.07, 6.45) is 0.508. The van der Waals surface area contributed by atoms with Crippen molar-refractivity contribution in [3.8, 4) is 28.5 Å². The number of rotatable bonds is 10. The van der Waals surface area contributed by atoms with Gasteiger partial charge in [0.05, 0.1) is 42.6 Å². The number of carbonyl (C=O) groups excluding carboxylic acids is 1. The van der Waals surface area contributed by atoms with E-state index in [-0.39, 0.29) is 18.8 Å². The van der Waals surface area contributed by atoms with Gasteiger partial charge >= 0.3 is 5.97 Å². The smallest absolute Gasteiger partial charge is 0.344 e. The van der Waals surface area contributed by atoms with E-state index in [0.29, 0.717) is 23.7 Å². The average molecular weight is 643 g/mol. The van der Waals surface area contributed by atoms with Crippen LogP contribution in [0.5, 0.6) is 17.2 Å². The molecule has 3 heterocycles. The number of carbonyl (C=O) groups is 1. The van der Waals surface area contributed by atoms with E-state index in [9.17, 15) is 4.79 Å². The van der Waals surface area contributed by atoms with Crippen LogP contribution in [0.4, 0.5) is 5.13 Å². The molecule has 40 heavy (non-hydrogen) atoms. The number of aromatic nitrogens is 1. The number of nitrogens with zero attached hydrogens (tertiary/aromatic N) is 3. The molecule has 0 spiro atoms. The Morgan fingerprint density at radius 2 is 1.88 bits per heavy atom. The second-order valence-corrected chi connectivity index (χ2v) is 11.9. The van der Waals surface area contributed by atoms with Gasteiger partial charge < -0.3 is 18.9 Å². The number of thiazole rings is 1. The zero-order chi connectivity index (χ0) is 28.2. The highest BCUT2D eigenvalue weighted by molar-refractivity contribution is 9.10. The lowest BCUT2D eigenvalue weighted by Crippen LogP contribution is -2.19. The van der Waals surface area contributed by atoms with Gasteiger partial charge in [0.2, 0.25) is 5.13 Å². The van der Waals surface area contributed by atoms with Gasteiger partial charge in [-0.15, -0.1) is 22.7 Å².